The largest absolute Gasteiger partial charge is 0.493 e. The number of fused-ring (bicyclic) bond motifs is 16. The number of rotatable bonds is 31. The second-order valence-electron chi connectivity index (χ2n) is 38.6. The summed E-state index contributed by atoms with van der Waals surface area (Å²) in [7, 11) is 0. The standard InChI is InChI=1S/2C15H18O.C15H18.C15H26.2C14H16O.C13H22.C10H16/c1-2-4-12(5-3-1)10-16-11-15-9-13-6-7-14(15)8-13;1-2-4-12(5-3-1)8-9-16-15-11-13-6-7-14(15)10-13;1-2-4-12(5-3-1)6-8-14-10-13-7-9-15(14)11-13;1-2-3-4-5-6-7-8-14-11-13-9-10-15(14)12-13;1-2-4-14(5-3-1)15-10-13-9-11-6-7-12(13)8-11;1-2-4-11(5-3-1)10-15-14-9-12-6-7-13(14)8-12;1-2-3-4-5-6-12-9-11-7-8-13(12)10-11;1-2-3-9-6-8-4-5-10(9)7-8/h2*1-7,13-15H,8-11H2;1-5,7,9,13-15H,6,8,10-11H2;9-10,13-15H,2-8,11-12H2,1H3;1-7,11-13H,8-10H2;1-7,12-14H,8-10H2;7-8,11-13H,2-6,9-10H2,1H3;4-5,8-10H,2-3,6-7H2,1H3. The van der Waals surface area contributed by atoms with Gasteiger partial charge in [-0.1, -0.05) is 335 Å². The van der Waals surface area contributed by atoms with Crippen LogP contribution >= 0.6 is 0 Å². The van der Waals surface area contributed by atoms with E-state index in [1.165, 1.54) is 228 Å². The van der Waals surface area contributed by atoms with E-state index in [4.69, 9.17) is 18.9 Å². The highest BCUT2D eigenvalue weighted by Crippen LogP contribution is 2.50. The fourth-order valence-corrected chi connectivity index (χ4v) is 23.7. The molecule has 16 aliphatic rings. The van der Waals surface area contributed by atoms with Gasteiger partial charge in [0.15, 0.2) is 0 Å². The van der Waals surface area contributed by atoms with E-state index < -0.39 is 0 Å². The van der Waals surface area contributed by atoms with Crippen molar-refractivity contribution in [2.45, 2.75) is 258 Å². The third kappa shape index (κ3) is 26.3. The summed E-state index contributed by atoms with van der Waals surface area (Å²) < 4.78 is 23.6. The minimum atomic E-state index is 0.472. The Labute approximate surface area is 699 Å². The highest BCUT2D eigenvalue weighted by molar-refractivity contribution is 5.23. The van der Waals surface area contributed by atoms with E-state index in [1.807, 2.05) is 42.5 Å². The first kappa shape index (κ1) is 85.1. The lowest BCUT2D eigenvalue weighted by Crippen LogP contribution is -2.19. The molecule has 8 saturated carbocycles. The summed E-state index contributed by atoms with van der Waals surface area (Å²) >= 11 is 0. The Bertz CT molecular complexity index is 3540. The van der Waals surface area contributed by atoms with Gasteiger partial charge in [0, 0.05) is 11.8 Å². The molecule has 0 saturated heterocycles. The molecule has 5 aromatic carbocycles. The Kier molecular flexibility index (Phi) is 33.9. The molecule has 8 fully saturated rings. The maximum Gasteiger partial charge on any atom is 0.119 e. The summed E-state index contributed by atoms with van der Waals surface area (Å²) in [6, 6.07) is 52.5. The third-order valence-corrected chi connectivity index (χ3v) is 30.1. The molecule has 5 aromatic rings. The SMILES string of the molecule is C1=CC2CC1CC2CCc1ccccc1.C1=CC2CC1CC2COCc1ccccc1.C1=CC2CC1CC2COc1ccccc1.C1=CC2CC1CC2OCCc1ccccc1.C1=CC2CC1CC2OCc1ccccc1.CCCC1CC2C=CC1C2.CCCCCCC1CC2C=CC1C2.CCCCCCCCC1CC2C=CC1C2. The lowest BCUT2D eigenvalue weighted by molar-refractivity contribution is 0.0245. The second kappa shape index (κ2) is 45.8. The third-order valence-electron chi connectivity index (χ3n) is 30.1. The van der Waals surface area contributed by atoms with Gasteiger partial charge < -0.3 is 18.9 Å². The molecule has 0 heterocycles. The van der Waals surface area contributed by atoms with E-state index >= 15 is 0 Å². The van der Waals surface area contributed by atoms with Gasteiger partial charge in [-0.05, 0) is 288 Å². The number of hydrogen-bond acceptors (Lipinski definition) is 4. The van der Waals surface area contributed by atoms with Gasteiger partial charge in [-0.2, -0.15) is 0 Å². The monoisotopic (exact) mass is 1550 g/mol. The molecular weight excluding hydrogens is 1400 g/mol. The summed E-state index contributed by atoms with van der Waals surface area (Å²) in [6.07, 6.45) is 86.0. The lowest BCUT2D eigenvalue weighted by Gasteiger charge is -2.18. The first-order chi connectivity index (χ1) is 56.8. The molecule has 21 rings (SSSR count). The molecule has 618 valence electrons. The molecule has 4 nitrogen and oxygen atoms in total. The number of benzene rings is 5. The van der Waals surface area contributed by atoms with Gasteiger partial charge in [0.25, 0.3) is 0 Å². The zero-order valence-corrected chi connectivity index (χ0v) is 71.5. The first-order valence-corrected chi connectivity index (χ1v) is 47.9. The number of aryl methyl sites for hydroxylation is 1. The van der Waals surface area contributed by atoms with Gasteiger partial charge in [-0.3, -0.25) is 0 Å². The van der Waals surface area contributed by atoms with Crippen molar-refractivity contribution in [3.63, 3.8) is 0 Å². The summed E-state index contributed by atoms with van der Waals surface area (Å²) in [6.45, 7) is 11.1. The normalized spacial score (nSPS) is 33.4. The number of hydrogen-bond donors (Lipinski definition) is 0. The molecule has 24 atom stereocenters. The van der Waals surface area contributed by atoms with Crippen LogP contribution in [-0.4, -0.2) is 32.0 Å². The quantitative estimate of drug-likeness (QED) is 0.0327. The summed E-state index contributed by atoms with van der Waals surface area (Å²) in [4.78, 5) is 0. The van der Waals surface area contributed by atoms with E-state index in [0.29, 0.717) is 24.0 Å². The molecule has 4 heteroatoms. The molecular formula is C111H150O4. The molecule has 24 unspecified atom stereocenters. The van der Waals surface area contributed by atoms with Gasteiger partial charge in [0.2, 0.25) is 0 Å². The van der Waals surface area contributed by atoms with Crippen LogP contribution in [-0.2, 0) is 40.3 Å². The van der Waals surface area contributed by atoms with Crippen LogP contribution in [0.3, 0.4) is 0 Å². The summed E-state index contributed by atoms with van der Waals surface area (Å²) in [5, 5.41) is 0. The van der Waals surface area contributed by atoms with Crippen molar-refractivity contribution in [3.05, 3.63) is 271 Å². The van der Waals surface area contributed by atoms with E-state index in [2.05, 4.69) is 227 Å². The first-order valence-electron chi connectivity index (χ1n) is 47.9. The number of unbranched alkanes of at least 4 members (excludes halogenated alkanes) is 8. The molecule has 0 radical (unpaired) electrons. The van der Waals surface area contributed by atoms with E-state index in [-0.39, 0.29) is 0 Å². The van der Waals surface area contributed by atoms with Crippen molar-refractivity contribution in [1.29, 1.82) is 0 Å². The molecule has 115 heavy (non-hydrogen) atoms. The molecule has 0 spiro atoms. The lowest BCUT2D eigenvalue weighted by atomic mass is 9.88. The molecule has 0 aliphatic heterocycles. The number of ether oxygens (including phenoxy) is 4. The van der Waals surface area contributed by atoms with E-state index in [1.54, 1.807) is 0 Å². The maximum absolute atomic E-state index is 5.99. The van der Waals surface area contributed by atoms with Gasteiger partial charge in [-0.25, -0.2) is 0 Å². The molecule has 0 N–H and O–H groups in total. The van der Waals surface area contributed by atoms with Crippen LogP contribution in [0.15, 0.2) is 249 Å². The average molecular weight is 1550 g/mol. The maximum atomic E-state index is 5.99. The van der Waals surface area contributed by atoms with Crippen molar-refractivity contribution in [2.75, 3.05) is 19.8 Å². The minimum Gasteiger partial charge on any atom is -0.493 e. The second-order valence-corrected chi connectivity index (χ2v) is 38.6. The van der Waals surface area contributed by atoms with Gasteiger partial charge >= 0.3 is 0 Å². The van der Waals surface area contributed by atoms with Crippen LogP contribution in [0.4, 0.5) is 0 Å². The van der Waals surface area contributed by atoms with Crippen molar-refractivity contribution < 1.29 is 18.9 Å². The van der Waals surface area contributed by atoms with Crippen LogP contribution < -0.4 is 4.74 Å². The Morgan fingerprint density at radius 3 is 0.948 bits per heavy atom. The van der Waals surface area contributed by atoms with Crippen LogP contribution in [0.2, 0.25) is 0 Å². The Morgan fingerprint density at radius 2 is 0.565 bits per heavy atom. The van der Waals surface area contributed by atoms with Crippen molar-refractivity contribution in [3.8, 4) is 5.75 Å². The minimum absolute atomic E-state index is 0.472. The zero-order valence-electron chi connectivity index (χ0n) is 71.5. The number of para-hydroxylation sites is 1. The summed E-state index contributed by atoms with van der Waals surface area (Å²) in [5.74, 6) is 20.7. The van der Waals surface area contributed by atoms with Crippen LogP contribution in [0, 0.1) is 130 Å². The van der Waals surface area contributed by atoms with Crippen LogP contribution in [0.1, 0.15) is 242 Å². The van der Waals surface area contributed by atoms with Crippen LogP contribution in [0.5, 0.6) is 5.75 Å². The van der Waals surface area contributed by atoms with Crippen LogP contribution in [0.25, 0.3) is 0 Å². The van der Waals surface area contributed by atoms with Gasteiger partial charge in [-0.15, -0.1) is 0 Å². The van der Waals surface area contributed by atoms with Gasteiger partial charge in [0.05, 0.1) is 45.2 Å². The molecule has 0 aromatic heterocycles. The molecule has 16 aliphatic carbocycles. The zero-order chi connectivity index (χ0) is 78.4. The molecule has 16 bridgehead atoms. The fourth-order valence-electron chi connectivity index (χ4n) is 23.7. The van der Waals surface area contributed by atoms with Crippen molar-refractivity contribution in [2.24, 2.45) is 130 Å². The average Bonchev–Trinajstić information content (AvgIpc) is 1.75. The highest BCUT2D eigenvalue weighted by atomic mass is 16.5. The van der Waals surface area contributed by atoms with Gasteiger partial charge in [0.1, 0.15) is 5.75 Å². The Morgan fingerprint density at radius 1 is 0.243 bits per heavy atom. The smallest absolute Gasteiger partial charge is 0.119 e. The molecule has 0 amide bonds. The Hall–Kier alpha value is -6.30. The number of allylic oxidation sites excluding steroid dienone is 14. The topological polar surface area (TPSA) is 36.9 Å². The predicted molar refractivity (Wildman–Crippen MR) is 483 cm³/mol. The van der Waals surface area contributed by atoms with E-state index in [9.17, 15) is 0 Å². The Balaban J connectivity index is 0.000000109. The van der Waals surface area contributed by atoms with Crippen molar-refractivity contribution >= 4 is 0 Å². The fraction of sp³-hybridized carbons (Fsp3) is 0.586. The van der Waals surface area contributed by atoms with Crippen molar-refractivity contribution in [1.82, 2.24) is 0 Å². The summed E-state index contributed by atoms with van der Waals surface area (Å²) in [5.41, 5.74) is 5.44. The highest BCUT2D eigenvalue weighted by Gasteiger charge is 2.41. The predicted octanol–water partition coefficient (Wildman–Crippen LogP) is 29.0. The van der Waals surface area contributed by atoms with E-state index in [0.717, 1.165) is 164 Å².